The molecule has 0 spiro atoms. The zero-order valence-electron chi connectivity index (χ0n) is 13.3. The maximum Gasteiger partial charge on any atom is 0.337 e. The predicted octanol–water partition coefficient (Wildman–Crippen LogP) is 5.54. The molecule has 2 aromatic rings. The van der Waals surface area contributed by atoms with Crippen molar-refractivity contribution >= 4 is 76.6 Å². The Balaban J connectivity index is 0.000000439. The quantitative estimate of drug-likeness (QED) is 0.541. The molecule has 0 saturated carbocycles. The number of benzene rings is 2. The summed E-state index contributed by atoms with van der Waals surface area (Å²) in [7, 11) is 7.36. The topological polar surface area (TPSA) is 119 Å². The molecule has 6 nitrogen and oxygen atoms in total. The van der Waals surface area contributed by atoms with Gasteiger partial charge in [0.2, 0.25) is 9.23 Å². The van der Waals surface area contributed by atoms with E-state index in [0.29, 0.717) is 5.56 Å². The highest BCUT2D eigenvalue weighted by molar-refractivity contribution is 8.26. The monoisotopic (exact) mass is 498 g/mol. The van der Waals surface area contributed by atoms with E-state index in [9.17, 15) is 9.59 Å². The van der Waals surface area contributed by atoms with E-state index in [0.717, 1.165) is 0 Å². The molecule has 0 amide bonds. The highest BCUT2D eigenvalue weighted by Gasteiger charge is 2.09. The van der Waals surface area contributed by atoms with E-state index in [4.69, 9.17) is 54.6 Å². The first-order valence-electron chi connectivity index (χ1n) is 6.60. The summed E-state index contributed by atoms with van der Waals surface area (Å²) in [5.41, 5.74) is 0.772. The van der Waals surface area contributed by atoms with Crippen molar-refractivity contribution in [3.63, 3.8) is 0 Å². The van der Waals surface area contributed by atoms with Gasteiger partial charge in [0.05, 0.1) is 44.4 Å². The molecule has 12 heteroatoms. The summed E-state index contributed by atoms with van der Waals surface area (Å²) in [6.07, 6.45) is 0. The van der Waals surface area contributed by atoms with Crippen LogP contribution in [0.3, 0.4) is 0 Å². The molecule has 0 saturated heterocycles. The van der Waals surface area contributed by atoms with Gasteiger partial charge in [0.1, 0.15) is 0 Å². The van der Waals surface area contributed by atoms with Crippen LogP contribution in [0.4, 0.5) is 0 Å². The summed E-state index contributed by atoms with van der Waals surface area (Å²) in [4.78, 5) is 21.2. The summed E-state index contributed by atoms with van der Waals surface area (Å²) < 4.78 is 9.09. The fourth-order valence-electron chi connectivity index (χ4n) is 1.50. The van der Waals surface area contributed by atoms with Crippen LogP contribution in [0.1, 0.15) is 31.8 Å². The Morgan fingerprint density at radius 1 is 0.893 bits per heavy atom. The Kier molecular flexibility index (Phi) is 12.5. The molecule has 0 unspecified atom stereocenters. The molecule has 2 rings (SSSR count). The van der Waals surface area contributed by atoms with Gasteiger partial charge in [-0.15, -0.1) is 0 Å². The first-order valence-corrected chi connectivity index (χ1v) is 10.5. The third kappa shape index (κ3) is 9.91. The second-order valence-electron chi connectivity index (χ2n) is 4.38. The fourth-order valence-corrected chi connectivity index (χ4v) is 2.11. The van der Waals surface area contributed by atoms with E-state index < -0.39 is 20.4 Å². The lowest BCUT2D eigenvalue weighted by atomic mass is 10.1. The van der Waals surface area contributed by atoms with Crippen molar-refractivity contribution in [3.05, 3.63) is 68.7 Å². The molecule has 0 aromatic heterocycles. The van der Waals surface area contributed by atoms with Gasteiger partial charge >= 0.3 is 5.97 Å². The van der Waals surface area contributed by atoms with Crippen LogP contribution < -0.4 is 0 Å². The van der Waals surface area contributed by atoms with Crippen LogP contribution in [-0.4, -0.2) is 20.5 Å². The molecule has 0 bridgehead atoms. The van der Waals surface area contributed by atoms with Gasteiger partial charge in [0, 0.05) is 21.4 Å². The van der Waals surface area contributed by atoms with Crippen molar-refractivity contribution in [2.45, 2.75) is 0 Å². The first kappa shape index (κ1) is 26.2. The average Bonchev–Trinajstić information content (AvgIpc) is 2.62. The lowest BCUT2D eigenvalue weighted by Gasteiger charge is -1.97. The SMILES string of the molecule is N#Cc1ccc(Cl)c(C(=O)Cl)c1.N#Cc1ccc(Cl)c(C(=O)O)c1.O=S(Cl)Cl. The van der Waals surface area contributed by atoms with E-state index in [-0.39, 0.29) is 26.7 Å². The summed E-state index contributed by atoms with van der Waals surface area (Å²) in [6.45, 7) is 0. The van der Waals surface area contributed by atoms with Crippen molar-refractivity contribution < 1.29 is 18.9 Å². The van der Waals surface area contributed by atoms with Gasteiger partial charge in [-0.1, -0.05) is 23.2 Å². The molecule has 0 fully saturated rings. The van der Waals surface area contributed by atoms with Crippen LogP contribution in [0.2, 0.25) is 10.0 Å². The van der Waals surface area contributed by atoms with Crippen molar-refractivity contribution in [1.29, 1.82) is 10.5 Å². The van der Waals surface area contributed by atoms with E-state index in [1.807, 2.05) is 12.1 Å². The average molecular weight is 501 g/mol. The van der Waals surface area contributed by atoms with Gasteiger partial charge in [-0.05, 0) is 48.0 Å². The van der Waals surface area contributed by atoms with Crippen molar-refractivity contribution in [2.75, 3.05) is 0 Å². The number of aromatic carboxylic acids is 1. The summed E-state index contributed by atoms with van der Waals surface area (Å²) in [6, 6.07) is 12.2. The van der Waals surface area contributed by atoms with E-state index >= 15 is 0 Å². The number of nitrogens with zero attached hydrogens (tertiary/aromatic N) is 2. The predicted molar refractivity (Wildman–Crippen MR) is 109 cm³/mol. The molecule has 1 N–H and O–H groups in total. The molecule has 0 heterocycles. The van der Waals surface area contributed by atoms with Gasteiger partial charge in [-0.2, -0.15) is 10.5 Å². The van der Waals surface area contributed by atoms with E-state index in [2.05, 4.69) is 21.4 Å². The molecule has 0 aliphatic carbocycles. The maximum absolute atomic E-state index is 10.7. The molecule has 0 atom stereocenters. The summed E-state index contributed by atoms with van der Waals surface area (Å²) in [5, 5.41) is 25.3. The number of carbonyl (C=O) groups excluding carboxylic acids is 1. The Hall–Kier alpha value is -1.84. The van der Waals surface area contributed by atoms with E-state index in [1.165, 1.54) is 36.4 Å². The Labute approximate surface area is 186 Å². The Bertz CT molecular complexity index is 908. The Morgan fingerprint density at radius 2 is 1.25 bits per heavy atom. The molecule has 146 valence electrons. The number of carboxylic acids is 1. The molecular formula is C16H7Cl5N2O4S. The normalized spacial score (nSPS) is 9.00. The third-order valence-corrected chi connectivity index (χ3v) is 3.50. The van der Waals surface area contributed by atoms with Crippen LogP contribution in [0.15, 0.2) is 36.4 Å². The number of hydrogen-bond donors (Lipinski definition) is 1. The van der Waals surface area contributed by atoms with Gasteiger partial charge < -0.3 is 5.11 Å². The third-order valence-electron chi connectivity index (χ3n) is 2.63. The standard InChI is InChI=1S/C8H3Cl2NO.C8H4ClNO2.Cl2OS/c9-7-2-1-5(4-11)3-6(7)8(10)12;9-7-2-1-5(4-10)3-6(7)8(11)12;1-4(2)3/h1-3H;1-3H,(H,11,12);. The van der Waals surface area contributed by atoms with Gasteiger partial charge in [-0.3, -0.25) is 4.79 Å². The molecule has 0 aliphatic rings. The first-order chi connectivity index (χ1) is 13.0. The highest BCUT2D eigenvalue weighted by atomic mass is 36.0. The fraction of sp³-hybridized carbons (Fsp3) is 0. The molecule has 0 radical (unpaired) electrons. The number of carboxylic acid groups (broad SMARTS) is 1. The second-order valence-corrected chi connectivity index (χ2v) is 8.06. The van der Waals surface area contributed by atoms with Crippen LogP contribution in [-0.2, 0) is 9.23 Å². The zero-order valence-corrected chi connectivity index (χ0v) is 17.9. The van der Waals surface area contributed by atoms with E-state index in [1.54, 1.807) is 0 Å². The smallest absolute Gasteiger partial charge is 0.337 e. The Morgan fingerprint density at radius 3 is 1.57 bits per heavy atom. The maximum atomic E-state index is 10.7. The van der Waals surface area contributed by atoms with Crippen molar-refractivity contribution in [2.24, 2.45) is 0 Å². The van der Waals surface area contributed by atoms with Gasteiger partial charge in [0.25, 0.3) is 5.24 Å². The lowest BCUT2D eigenvalue weighted by molar-refractivity contribution is 0.0697. The largest absolute Gasteiger partial charge is 0.478 e. The zero-order chi connectivity index (χ0) is 21.9. The minimum absolute atomic E-state index is 0.0456. The molecule has 2 aromatic carbocycles. The lowest BCUT2D eigenvalue weighted by Crippen LogP contribution is -1.97. The molecule has 0 aliphatic heterocycles. The minimum atomic E-state index is -1.67. The number of nitriles is 2. The number of rotatable bonds is 2. The summed E-state index contributed by atoms with van der Waals surface area (Å²) >= 11 is 16.4. The van der Waals surface area contributed by atoms with Crippen LogP contribution >= 0.6 is 56.2 Å². The van der Waals surface area contributed by atoms with Crippen molar-refractivity contribution in [1.82, 2.24) is 0 Å². The highest BCUT2D eigenvalue weighted by Crippen LogP contribution is 2.19. The number of halogens is 5. The van der Waals surface area contributed by atoms with Gasteiger partial charge in [-0.25, -0.2) is 9.00 Å². The summed E-state index contributed by atoms with van der Waals surface area (Å²) in [5.74, 6) is -1.13. The molecule has 28 heavy (non-hydrogen) atoms. The van der Waals surface area contributed by atoms with Crippen LogP contribution in [0, 0.1) is 22.7 Å². The minimum Gasteiger partial charge on any atom is -0.478 e. The van der Waals surface area contributed by atoms with Crippen LogP contribution in [0.25, 0.3) is 0 Å². The van der Waals surface area contributed by atoms with Gasteiger partial charge in [0.15, 0.2) is 0 Å². The second kappa shape index (κ2) is 13.4. The van der Waals surface area contributed by atoms with Crippen LogP contribution in [0.5, 0.6) is 0 Å². The molecular weight excluding hydrogens is 494 g/mol. The number of carbonyl (C=O) groups is 2. The number of hydrogen-bond acceptors (Lipinski definition) is 5. The van der Waals surface area contributed by atoms with Crippen molar-refractivity contribution in [3.8, 4) is 12.1 Å².